The van der Waals surface area contributed by atoms with Gasteiger partial charge < -0.3 is 14.9 Å². The summed E-state index contributed by atoms with van der Waals surface area (Å²) in [6.45, 7) is 7.36. The molecular weight excluding hydrogens is 284 g/mol. The topological polar surface area (TPSA) is 92.5 Å². The maximum Gasteiger partial charge on any atom is 0.334 e. The van der Waals surface area contributed by atoms with E-state index >= 15 is 0 Å². The van der Waals surface area contributed by atoms with Crippen molar-refractivity contribution in [1.82, 2.24) is 9.97 Å². The lowest BCUT2D eigenvalue weighted by Gasteiger charge is -2.27. The molecule has 0 bridgehead atoms. The molecule has 0 radical (unpaired) electrons. The molecule has 6 heteroatoms. The Morgan fingerprint density at radius 1 is 1.23 bits per heavy atom. The van der Waals surface area contributed by atoms with Gasteiger partial charge in [-0.2, -0.15) is 0 Å². The largest absolute Gasteiger partial charge is 0.456 e. The number of aromatic nitrogens is 2. The molecule has 1 aromatic heterocycles. The Morgan fingerprint density at radius 3 is 2.50 bits per heavy atom. The summed E-state index contributed by atoms with van der Waals surface area (Å²) in [7, 11) is 0. The highest BCUT2D eigenvalue weighted by atomic mass is 16.5. The number of ether oxygens (including phenoxy) is 1. The van der Waals surface area contributed by atoms with Gasteiger partial charge >= 0.3 is 5.97 Å². The minimum atomic E-state index is -0.939. The zero-order chi connectivity index (χ0) is 16.4. The van der Waals surface area contributed by atoms with E-state index < -0.39 is 18.2 Å². The summed E-state index contributed by atoms with van der Waals surface area (Å²) in [5.41, 5.74) is 3.41. The zero-order valence-corrected chi connectivity index (χ0v) is 13.3. The van der Waals surface area contributed by atoms with E-state index in [4.69, 9.17) is 4.74 Å². The molecule has 3 unspecified atom stereocenters. The van der Waals surface area contributed by atoms with Crippen molar-refractivity contribution < 1.29 is 19.7 Å². The van der Waals surface area contributed by atoms with Crippen molar-refractivity contribution in [2.45, 2.75) is 52.9 Å². The van der Waals surface area contributed by atoms with Crippen LogP contribution in [0.25, 0.3) is 0 Å². The summed E-state index contributed by atoms with van der Waals surface area (Å²) in [5.74, 6) is -0.772. The molecule has 1 aliphatic rings. The van der Waals surface area contributed by atoms with E-state index in [1.807, 2.05) is 20.8 Å². The molecule has 1 aliphatic carbocycles. The van der Waals surface area contributed by atoms with Gasteiger partial charge in [-0.05, 0) is 20.8 Å². The second kappa shape index (κ2) is 6.54. The Morgan fingerprint density at radius 2 is 1.86 bits per heavy atom. The lowest BCUT2D eigenvalue weighted by atomic mass is 9.87. The van der Waals surface area contributed by atoms with Crippen LogP contribution in [0.5, 0.6) is 0 Å². The molecule has 3 atom stereocenters. The summed E-state index contributed by atoms with van der Waals surface area (Å²) >= 11 is 0. The fourth-order valence-electron chi connectivity index (χ4n) is 2.46. The molecule has 0 aromatic carbocycles. The van der Waals surface area contributed by atoms with Crippen LogP contribution in [-0.2, 0) is 16.1 Å². The zero-order valence-electron chi connectivity index (χ0n) is 13.3. The van der Waals surface area contributed by atoms with Crippen LogP contribution in [0, 0.1) is 26.7 Å². The molecule has 1 aromatic rings. The Hall–Kier alpha value is -1.79. The van der Waals surface area contributed by atoms with Gasteiger partial charge in [-0.3, -0.25) is 9.97 Å². The highest BCUT2D eigenvalue weighted by Gasteiger charge is 2.30. The van der Waals surface area contributed by atoms with Crippen LogP contribution in [0.2, 0.25) is 0 Å². The first-order valence-electron chi connectivity index (χ1n) is 7.34. The average molecular weight is 306 g/mol. The second-order valence-electron chi connectivity index (χ2n) is 5.82. The minimum absolute atomic E-state index is 0.0448. The number of carbonyl (C=O) groups is 1. The lowest BCUT2D eigenvalue weighted by Crippen LogP contribution is -2.36. The number of carbonyl (C=O) groups excluding carboxylic acids is 1. The fourth-order valence-corrected chi connectivity index (χ4v) is 2.46. The Labute approximate surface area is 129 Å². The van der Waals surface area contributed by atoms with E-state index in [-0.39, 0.29) is 18.9 Å². The first kappa shape index (κ1) is 16.6. The maximum atomic E-state index is 12.1. The van der Waals surface area contributed by atoms with E-state index in [9.17, 15) is 15.0 Å². The molecule has 1 heterocycles. The van der Waals surface area contributed by atoms with Crippen LogP contribution < -0.4 is 0 Å². The van der Waals surface area contributed by atoms with Crippen molar-refractivity contribution in [3.63, 3.8) is 0 Å². The van der Waals surface area contributed by atoms with E-state index in [0.717, 1.165) is 17.1 Å². The first-order valence-corrected chi connectivity index (χ1v) is 7.34. The number of aliphatic hydroxyl groups excluding tert-OH is 2. The van der Waals surface area contributed by atoms with Gasteiger partial charge in [0.1, 0.15) is 6.61 Å². The molecule has 0 spiro atoms. The van der Waals surface area contributed by atoms with Crippen molar-refractivity contribution in [2.24, 2.45) is 5.92 Å². The lowest BCUT2D eigenvalue weighted by molar-refractivity contribution is -0.141. The predicted octanol–water partition coefficient (Wildman–Crippen LogP) is 1.13. The van der Waals surface area contributed by atoms with Crippen molar-refractivity contribution in [3.8, 4) is 0 Å². The normalized spacial score (nSPS) is 24.8. The quantitative estimate of drug-likeness (QED) is 0.813. The average Bonchev–Trinajstić information content (AvgIpc) is 2.46. The predicted molar refractivity (Wildman–Crippen MR) is 79.9 cm³/mol. The molecule has 0 aliphatic heterocycles. The number of hydrogen-bond acceptors (Lipinski definition) is 6. The number of rotatable bonds is 3. The van der Waals surface area contributed by atoms with Gasteiger partial charge in [-0.15, -0.1) is 0 Å². The molecule has 0 amide bonds. The van der Waals surface area contributed by atoms with Crippen LogP contribution in [0.4, 0.5) is 0 Å². The molecule has 120 valence electrons. The van der Waals surface area contributed by atoms with Crippen LogP contribution in [0.15, 0.2) is 11.6 Å². The van der Waals surface area contributed by atoms with Crippen molar-refractivity contribution in [3.05, 3.63) is 34.4 Å². The molecule has 22 heavy (non-hydrogen) atoms. The molecule has 0 saturated carbocycles. The van der Waals surface area contributed by atoms with Gasteiger partial charge in [-0.1, -0.05) is 13.0 Å². The van der Waals surface area contributed by atoms with Crippen LogP contribution >= 0.6 is 0 Å². The van der Waals surface area contributed by atoms with Gasteiger partial charge in [0.05, 0.1) is 35.0 Å². The first-order chi connectivity index (χ1) is 10.3. The van der Waals surface area contributed by atoms with Crippen molar-refractivity contribution >= 4 is 5.97 Å². The molecule has 0 fully saturated rings. The number of aryl methyl sites for hydroxylation is 3. The third-order valence-corrected chi connectivity index (χ3v) is 4.01. The van der Waals surface area contributed by atoms with E-state index in [2.05, 4.69) is 9.97 Å². The van der Waals surface area contributed by atoms with Gasteiger partial charge in [0.25, 0.3) is 0 Å². The highest BCUT2D eigenvalue weighted by molar-refractivity contribution is 5.88. The number of aliphatic hydroxyl groups is 2. The monoisotopic (exact) mass is 306 g/mol. The van der Waals surface area contributed by atoms with Gasteiger partial charge in [0.15, 0.2) is 0 Å². The van der Waals surface area contributed by atoms with E-state index in [1.54, 1.807) is 13.0 Å². The Balaban J connectivity index is 2.05. The summed E-state index contributed by atoms with van der Waals surface area (Å²) in [6.07, 6.45) is -0.0317. The van der Waals surface area contributed by atoms with Gasteiger partial charge in [0.2, 0.25) is 0 Å². The third kappa shape index (κ3) is 3.51. The molecule has 2 N–H and O–H groups in total. The Bertz CT molecular complexity index is 612. The van der Waals surface area contributed by atoms with Gasteiger partial charge in [-0.25, -0.2) is 4.79 Å². The third-order valence-electron chi connectivity index (χ3n) is 4.01. The summed E-state index contributed by atoms with van der Waals surface area (Å²) in [6, 6.07) is 0. The summed E-state index contributed by atoms with van der Waals surface area (Å²) < 4.78 is 5.27. The van der Waals surface area contributed by atoms with Crippen LogP contribution in [0.3, 0.4) is 0 Å². The SMILES string of the molecule is Cc1nc(C)c(COC(=O)C2=CC(C)C(O)C(O)C2)nc1C. The minimum Gasteiger partial charge on any atom is -0.456 e. The second-order valence-corrected chi connectivity index (χ2v) is 5.82. The van der Waals surface area contributed by atoms with E-state index in [1.165, 1.54) is 0 Å². The molecular formula is C16H22N2O4. The number of hydrogen-bond donors (Lipinski definition) is 2. The van der Waals surface area contributed by atoms with Crippen molar-refractivity contribution in [2.75, 3.05) is 0 Å². The van der Waals surface area contributed by atoms with Crippen molar-refractivity contribution in [1.29, 1.82) is 0 Å². The molecule has 0 saturated heterocycles. The number of nitrogens with zero attached hydrogens (tertiary/aromatic N) is 2. The standard InChI is InChI=1S/C16H22N2O4/c1-8-5-12(6-14(19)15(8)20)16(21)22-7-13-11(4)17-9(2)10(3)18-13/h5,8,14-15,19-20H,6-7H2,1-4H3. The Kier molecular flexibility index (Phi) is 4.93. The maximum absolute atomic E-state index is 12.1. The highest BCUT2D eigenvalue weighted by Crippen LogP contribution is 2.24. The molecule has 6 nitrogen and oxygen atoms in total. The smallest absolute Gasteiger partial charge is 0.334 e. The van der Waals surface area contributed by atoms with Crippen LogP contribution in [-0.4, -0.2) is 38.4 Å². The summed E-state index contributed by atoms with van der Waals surface area (Å²) in [4.78, 5) is 20.8. The summed E-state index contributed by atoms with van der Waals surface area (Å²) in [5, 5.41) is 19.4. The van der Waals surface area contributed by atoms with Gasteiger partial charge in [0, 0.05) is 17.9 Å². The fraction of sp³-hybridized carbons (Fsp3) is 0.562. The molecule has 2 rings (SSSR count). The van der Waals surface area contributed by atoms with Crippen LogP contribution in [0.1, 0.15) is 36.1 Å². The van der Waals surface area contributed by atoms with E-state index in [0.29, 0.717) is 11.3 Å². The number of esters is 1.